The molecule has 0 aliphatic carbocycles. The third kappa shape index (κ3) is 9.02. The molecule has 0 unspecified atom stereocenters. The highest BCUT2D eigenvalue weighted by Crippen LogP contribution is 2.29. The van der Waals surface area contributed by atoms with Crippen LogP contribution in [-0.4, -0.2) is 24.4 Å². The number of para-hydroxylation sites is 1. The van der Waals surface area contributed by atoms with E-state index >= 15 is 0 Å². The summed E-state index contributed by atoms with van der Waals surface area (Å²) in [6.07, 6.45) is 4.22. The van der Waals surface area contributed by atoms with Gasteiger partial charge in [-0.15, -0.1) is 0 Å². The molecular weight excluding hydrogens is 453 g/mol. The van der Waals surface area contributed by atoms with Crippen LogP contribution in [0.4, 0.5) is 21.6 Å². The molecule has 2 aromatic carbocycles. The van der Waals surface area contributed by atoms with E-state index in [0.717, 1.165) is 22.5 Å². The highest BCUT2D eigenvalue weighted by Gasteiger charge is 2.09. The summed E-state index contributed by atoms with van der Waals surface area (Å²) in [4.78, 5) is 15.9. The predicted molar refractivity (Wildman–Crippen MR) is 152 cm³/mol. The van der Waals surface area contributed by atoms with Gasteiger partial charge in [-0.2, -0.15) is 0 Å². The van der Waals surface area contributed by atoms with Crippen LogP contribution >= 0.6 is 0 Å². The zero-order chi connectivity index (χ0) is 27.1. The van der Waals surface area contributed by atoms with Crippen molar-refractivity contribution in [1.29, 1.82) is 0 Å². The summed E-state index contributed by atoms with van der Waals surface area (Å²) in [5.74, 6) is 0.747. The van der Waals surface area contributed by atoms with Gasteiger partial charge in [0.05, 0.1) is 25.0 Å². The van der Waals surface area contributed by atoms with Gasteiger partial charge in [0.1, 0.15) is 17.4 Å². The minimum Gasteiger partial charge on any atom is -0.497 e. The second kappa shape index (κ2) is 15.9. The average Bonchev–Trinajstić information content (AvgIpc) is 2.91. The lowest BCUT2D eigenvalue weighted by Gasteiger charge is -2.15. The Morgan fingerprint density at radius 2 is 1.81 bits per heavy atom. The quantitative estimate of drug-likeness (QED) is 0.296. The van der Waals surface area contributed by atoms with Gasteiger partial charge in [0.2, 0.25) is 0 Å². The molecule has 36 heavy (non-hydrogen) atoms. The van der Waals surface area contributed by atoms with Crippen LogP contribution in [0.2, 0.25) is 0 Å². The van der Waals surface area contributed by atoms with E-state index in [1.807, 2.05) is 71.9 Å². The first-order valence-corrected chi connectivity index (χ1v) is 12.1. The summed E-state index contributed by atoms with van der Waals surface area (Å²) in [6, 6.07) is 14.7. The molecule has 0 fully saturated rings. The van der Waals surface area contributed by atoms with Crippen LogP contribution in [0.5, 0.6) is 5.75 Å². The number of benzene rings is 2. The molecule has 0 spiro atoms. The molecule has 0 atom stereocenters. The molecule has 0 saturated heterocycles. The van der Waals surface area contributed by atoms with E-state index in [1.54, 1.807) is 25.3 Å². The Kier molecular flexibility index (Phi) is 13.3. The number of pyridine rings is 1. The molecule has 0 aliphatic rings. The summed E-state index contributed by atoms with van der Waals surface area (Å²) in [5.41, 5.74) is 4.62. The van der Waals surface area contributed by atoms with Crippen molar-refractivity contribution >= 4 is 34.9 Å². The first kappa shape index (κ1) is 30.1. The summed E-state index contributed by atoms with van der Waals surface area (Å²) in [6.45, 7) is 15.5. The molecule has 0 radical (unpaired) electrons. The van der Waals surface area contributed by atoms with Crippen LogP contribution in [0, 0.1) is 13.8 Å². The molecule has 3 rings (SSSR count). The van der Waals surface area contributed by atoms with Gasteiger partial charge in [-0.05, 0) is 73.0 Å². The number of carbonyl (C=O) groups excluding carboxylic acids is 1. The summed E-state index contributed by atoms with van der Waals surface area (Å²) < 4.78 is 20.0. The third-order valence-corrected chi connectivity index (χ3v) is 4.85. The fraction of sp³-hybridized carbons (Fsp3) is 0.267. The fourth-order valence-electron chi connectivity index (χ4n) is 3.18. The number of aryl methyl sites for hydroxylation is 2. The topological polar surface area (TPSA) is 63.2 Å². The Labute approximate surface area is 215 Å². The van der Waals surface area contributed by atoms with Crippen molar-refractivity contribution in [3.05, 3.63) is 89.6 Å². The van der Waals surface area contributed by atoms with E-state index in [1.165, 1.54) is 18.3 Å². The van der Waals surface area contributed by atoms with Crippen molar-refractivity contribution in [1.82, 2.24) is 4.98 Å². The van der Waals surface area contributed by atoms with Gasteiger partial charge in [-0.3, -0.25) is 4.79 Å². The maximum atomic E-state index is 14.8. The first-order chi connectivity index (χ1) is 17.4. The molecule has 0 amide bonds. The number of ether oxygens (including phenoxy) is 1. The molecule has 2 N–H and O–H groups in total. The van der Waals surface area contributed by atoms with Gasteiger partial charge in [-0.25, -0.2) is 9.37 Å². The zero-order valence-electron chi connectivity index (χ0n) is 22.4. The van der Waals surface area contributed by atoms with Gasteiger partial charge < -0.3 is 15.4 Å². The normalized spacial score (nSPS) is 10.2. The van der Waals surface area contributed by atoms with Crippen molar-refractivity contribution in [3.8, 4) is 5.75 Å². The van der Waals surface area contributed by atoms with Crippen LogP contribution in [0.25, 0.3) is 11.9 Å². The summed E-state index contributed by atoms with van der Waals surface area (Å²) in [5, 5.41) is 6.36. The van der Waals surface area contributed by atoms with E-state index in [-0.39, 0.29) is 12.3 Å². The Morgan fingerprint density at radius 1 is 1.08 bits per heavy atom. The maximum absolute atomic E-state index is 14.8. The van der Waals surface area contributed by atoms with Gasteiger partial charge in [0.15, 0.2) is 5.78 Å². The highest BCUT2D eigenvalue weighted by atomic mass is 19.1. The molecule has 0 saturated carbocycles. The van der Waals surface area contributed by atoms with Crippen LogP contribution in [0.3, 0.4) is 0 Å². The Morgan fingerprint density at radius 3 is 2.42 bits per heavy atom. The molecule has 5 nitrogen and oxygen atoms in total. The Balaban J connectivity index is 0.00000154. The Bertz CT molecular complexity index is 1160. The smallest absolute Gasteiger partial charge is 0.174 e. The summed E-state index contributed by atoms with van der Waals surface area (Å²) in [7, 11) is 1.58. The number of aromatic nitrogens is 1. The van der Waals surface area contributed by atoms with E-state index in [0.29, 0.717) is 22.7 Å². The highest BCUT2D eigenvalue weighted by molar-refractivity contribution is 5.93. The largest absolute Gasteiger partial charge is 0.497 e. The van der Waals surface area contributed by atoms with E-state index in [9.17, 15) is 9.18 Å². The SMILES string of the molecule is C=CC(=O)CNc1cccc(C)c1Nc1ccc(/C(F)=C/c2cc(C)cc(OC)c2)cn1.CC.CC. The maximum Gasteiger partial charge on any atom is 0.174 e. The molecule has 0 aliphatic heterocycles. The number of ketones is 1. The number of hydrogen-bond acceptors (Lipinski definition) is 5. The monoisotopic (exact) mass is 491 g/mol. The zero-order valence-corrected chi connectivity index (χ0v) is 22.4. The van der Waals surface area contributed by atoms with Gasteiger partial charge >= 0.3 is 0 Å². The molecule has 1 heterocycles. The fourth-order valence-corrected chi connectivity index (χ4v) is 3.18. The lowest BCUT2D eigenvalue weighted by atomic mass is 10.1. The van der Waals surface area contributed by atoms with Crippen molar-refractivity contribution in [3.63, 3.8) is 0 Å². The lowest BCUT2D eigenvalue weighted by Crippen LogP contribution is -2.12. The molecule has 1 aromatic heterocycles. The second-order valence-corrected chi connectivity index (χ2v) is 7.35. The number of anilines is 3. The van der Waals surface area contributed by atoms with Crippen molar-refractivity contribution in [2.24, 2.45) is 0 Å². The molecule has 192 valence electrons. The number of halogens is 1. The van der Waals surface area contributed by atoms with Crippen LogP contribution in [-0.2, 0) is 4.79 Å². The van der Waals surface area contributed by atoms with Gasteiger partial charge in [0, 0.05) is 11.8 Å². The number of rotatable bonds is 9. The first-order valence-electron chi connectivity index (χ1n) is 12.1. The second-order valence-electron chi connectivity index (χ2n) is 7.35. The van der Waals surface area contributed by atoms with Gasteiger partial charge in [-0.1, -0.05) is 52.5 Å². The molecule has 6 heteroatoms. The molecule has 3 aromatic rings. The molecule has 0 bridgehead atoms. The number of nitrogens with one attached hydrogen (secondary N) is 2. The predicted octanol–water partition coefficient (Wildman–Crippen LogP) is 8.14. The van der Waals surface area contributed by atoms with Crippen LogP contribution in [0.15, 0.2) is 67.4 Å². The van der Waals surface area contributed by atoms with Crippen molar-refractivity contribution < 1.29 is 13.9 Å². The molecular formula is C30H38FN3O2. The number of carbonyl (C=O) groups is 1. The number of nitrogens with zero attached hydrogens (tertiary/aromatic N) is 1. The average molecular weight is 492 g/mol. The summed E-state index contributed by atoms with van der Waals surface area (Å²) >= 11 is 0. The standard InChI is InChI=1S/C26H26FN3O2.2C2H6/c1-5-21(31)16-28-24-8-6-7-18(3)26(24)30-25-10-9-20(15-29-25)23(27)14-19-11-17(2)12-22(13-19)32-4;2*1-2/h5-15,28H,1,16H2,2-4H3,(H,29,30);2*1-2H3/b23-14-;;. The minimum atomic E-state index is -0.391. The van der Waals surface area contributed by atoms with Crippen LogP contribution < -0.4 is 15.4 Å². The van der Waals surface area contributed by atoms with Crippen molar-refractivity contribution in [2.45, 2.75) is 41.5 Å². The van der Waals surface area contributed by atoms with Gasteiger partial charge in [0.25, 0.3) is 0 Å². The minimum absolute atomic E-state index is 0.103. The lowest BCUT2D eigenvalue weighted by molar-refractivity contribution is -0.113. The number of hydrogen-bond donors (Lipinski definition) is 2. The van der Waals surface area contributed by atoms with E-state index < -0.39 is 5.83 Å². The van der Waals surface area contributed by atoms with E-state index in [2.05, 4.69) is 22.2 Å². The Hall–Kier alpha value is -3.93. The van der Waals surface area contributed by atoms with Crippen molar-refractivity contribution in [2.75, 3.05) is 24.3 Å². The van der Waals surface area contributed by atoms with Crippen LogP contribution in [0.1, 0.15) is 49.9 Å². The number of methoxy groups -OCH3 is 1. The third-order valence-electron chi connectivity index (χ3n) is 4.85. The van der Waals surface area contributed by atoms with E-state index in [4.69, 9.17) is 4.74 Å².